The van der Waals surface area contributed by atoms with Crippen molar-refractivity contribution in [3.63, 3.8) is 0 Å². The zero-order chi connectivity index (χ0) is 12.9. The largest absolute Gasteiger partial charge is 0.369 e. The fourth-order valence-electron chi connectivity index (χ4n) is 2.43. The number of nitrogen functional groups attached to an aromatic ring is 1. The van der Waals surface area contributed by atoms with Gasteiger partial charge in [0.15, 0.2) is 0 Å². The van der Waals surface area contributed by atoms with Crippen LogP contribution in [0.15, 0.2) is 12.1 Å². The molecule has 1 unspecified atom stereocenters. The van der Waals surface area contributed by atoms with Crippen molar-refractivity contribution >= 4 is 28.6 Å². The van der Waals surface area contributed by atoms with Gasteiger partial charge in [-0.1, -0.05) is 18.5 Å². The van der Waals surface area contributed by atoms with Gasteiger partial charge in [0.2, 0.25) is 5.95 Å². The van der Waals surface area contributed by atoms with Crippen LogP contribution in [-0.2, 0) is 6.54 Å². The van der Waals surface area contributed by atoms with Crippen LogP contribution in [0.2, 0.25) is 5.02 Å². The molecule has 18 heavy (non-hydrogen) atoms. The zero-order valence-corrected chi connectivity index (χ0v) is 10.9. The molecule has 1 fully saturated rings. The lowest BCUT2D eigenvalue weighted by Gasteiger charge is -2.13. The number of imidazole rings is 1. The van der Waals surface area contributed by atoms with E-state index in [4.69, 9.17) is 17.3 Å². The van der Waals surface area contributed by atoms with Crippen molar-refractivity contribution < 1.29 is 4.39 Å². The van der Waals surface area contributed by atoms with Gasteiger partial charge >= 0.3 is 0 Å². The van der Waals surface area contributed by atoms with Gasteiger partial charge < -0.3 is 10.3 Å². The third-order valence-corrected chi connectivity index (χ3v) is 4.01. The van der Waals surface area contributed by atoms with E-state index in [1.165, 1.54) is 18.9 Å². The van der Waals surface area contributed by atoms with Crippen molar-refractivity contribution in [3.8, 4) is 0 Å². The summed E-state index contributed by atoms with van der Waals surface area (Å²) in [6.45, 7) is 3.03. The van der Waals surface area contributed by atoms with Gasteiger partial charge in [-0.05, 0) is 30.7 Å². The Morgan fingerprint density at radius 1 is 1.56 bits per heavy atom. The summed E-state index contributed by atoms with van der Waals surface area (Å²) < 4.78 is 15.3. The molecule has 1 saturated carbocycles. The SMILES string of the molecule is CC(Cn1c(N)nc2cc(F)c(Cl)cc21)C1CC1. The van der Waals surface area contributed by atoms with Gasteiger partial charge in [-0.3, -0.25) is 0 Å². The first kappa shape index (κ1) is 11.8. The van der Waals surface area contributed by atoms with Gasteiger partial charge in [-0.15, -0.1) is 0 Å². The molecule has 0 aliphatic heterocycles. The van der Waals surface area contributed by atoms with Crippen LogP contribution in [0, 0.1) is 17.7 Å². The maximum absolute atomic E-state index is 13.4. The van der Waals surface area contributed by atoms with E-state index in [9.17, 15) is 4.39 Å². The minimum absolute atomic E-state index is 0.114. The highest BCUT2D eigenvalue weighted by molar-refractivity contribution is 6.31. The van der Waals surface area contributed by atoms with Crippen molar-refractivity contribution in [3.05, 3.63) is 23.0 Å². The van der Waals surface area contributed by atoms with Crippen LogP contribution >= 0.6 is 11.6 Å². The number of halogens is 2. The molecule has 1 aliphatic carbocycles. The molecule has 96 valence electrons. The normalized spacial score (nSPS) is 17.3. The Balaban J connectivity index is 2.04. The average Bonchev–Trinajstić information content (AvgIpc) is 3.10. The summed E-state index contributed by atoms with van der Waals surface area (Å²) in [7, 11) is 0. The predicted octanol–water partition coefficient (Wildman–Crippen LogP) is 3.46. The van der Waals surface area contributed by atoms with Crippen molar-refractivity contribution in [1.29, 1.82) is 0 Å². The van der Waals surface area contributed by atoms with Gasteiger partial charge in [0.25, 0.3) is 0 Å². The predicted molar refractivity (Wildman–Crippen MR) is 71.0 cm³/mol. The van der Waals surface area contributed by atoms with Crippen LogP contribution < -0.4 is 5.73 Å². The zero-order valence-electron chi connectivity index (χ0n) is 10.2. The summed E-state index contributed by atoms with van der Waals surface area (Å²) in [6, 6.07) is 2.95. The van der Waals surface area contributed by atoms with Crippen LogP contribution in [0.1, 0.15) is 19.8 Å². The van der Waals surface area contributed by atoms with Crippen LogP contribution in [0.3, 0.4) is 0 Å². The minimum Gasteiger partial charge on any atom is -0.369 e. The van der Waals surface area contributed by atoms with E-state index >= 15 is 0 Å². The monoisotopic (exact) mass is 267 g/mol. The van der Waals surface area contributed by atoms with E-state index in [0.717, 1.165) is 18.0 Å². The van der Waals surface area contributed by atoms with Crippen molar-refractivity contribution in [1.82, 2.24) is 9.55 Å². The first-order chi connectivity index (χ1) is 8.56. The molecule has 2 N–H and O–H groups in total. The number of nitrogens with zero attached hydrogens (tertiary/aromatic N) is 2. The average molecular weight is 268 g/mol. The fourth-order valence-corrected chi connectivity index (χ4v) is 2.59. The molecule has 0 radical (unpaired) electrons. The molecule has 0 bridgehead atoms. The van der Waals surface area contributed by atoms with Gasteiger partial charge in [0.1, 0.15) is 5.82 Å². The fraction of sp³-hybridized carbons (Fsp3) is 0.462. The topological polar surface area (TPSA) is 43.8 Å². The molecule has 0 saturated heterocycles. The third-order valence-electron chi connectivity index (χ3n) is 3.72. The number of rotatable bonds is 3. The first-order valence-electron chi connectivity index (χ1n) is 6.17. The standard InChI is InChI=1S/C13H15ClFN3/c1-7(8-2-3-8)6-18-12-4-9(14)10(15)5-11(12)17-13(18)16/h4-5,7-8H,2-3,6H2,1H3,(H2,16,17). The maximum atomic E-state index is 13.4. The summed E-state index contributed by atoms with van der Waals surface area (Å²) in [6.07, 6.45) is 2.59. The van der Waals surface area contributed by atoms with E-state index < -0.39 is 5.82 Å². The number of hydrogen-bond acceptors (Lipinski definition) is 2. The third kappa shape index (κ3) is 1.94. The lowest BCUT2D eigenvalue weighted by Crippen LogP contribution is -2.11. The van der Waals surface area contributed by atoms with Gasteiger partial charge in [-0.2, -0.15) is 0 Å². The summed E-state index contributed by atoms with van der Waals surface area (Å²) in [4.78, 5) is 4.19. The molecular formula is C13H15ClFN3. The molecule has 5 heteroatoms. The van der Waals surface area contributed by atoms with E-state index in [1.807, 2.05) is 4.57 Å². The van der Waals surface area contributed by atoms with E-state index in [1.54, 1.807) is 6.07 Å². The Kier molecular flexibility index (Phi) is 2.70. The molecule has 0 amide bonds. The number of fused-ring (bicyclic) bond motifs is 1. The Bertz CT molecular complexity index is 604. The van der Waals surface area contributed by atoms with Gasteiger partial charge in [0, 0.05) is 12.6 Å². The summed E-state index contributed by atoms with van der Waals surface area (Å²) in [5.41, 5.74) is 7.29. The second-order valence-corrected chi connectivity index (χ2v) is 5.56. The number of benzene rings is 1. The number of aromatic nitrogens is 2. The van der Waals surface area contributed by atoms with E-state index in [2.05, 4.69) is 11.9 Å². The quantitative estimate of drug-likeness (QED) is 0.926. The summed E-state index contributed by atoms with van der Waals surface area (Å²) in [5.74, 6) is 1.33. The Hall–Kier alpha value is -1.29. The number of hydrogen-bond donors (Lipinski definition) is 1. The maximum Gasteiger partial charge on any atom is 0.201 e. The molecule has 1 atom stereocenters. The van der Waals surface area contributed by atoms with Crippen molar-refractivity contribution in [2.75, 3.05) is 5.73 Å². The smallest absolute Gasteiger partial charge is 0.201 e. The lowest BCUT2D eigenvalue weighted by molar-refractivity contribution is 0.439. The highest BCUT2D eigenvalue weighted by Gasteiger charge is 2.28. The van der Waals surface area contributed by atoms with Gasteiger partial charge in [-0.25, -0.2) is 9.37 Å². The van der Waals surface area contributed by atoms with E-state index in [-0.39, 0.29) is 5.02 Å². The molecule has 3 rings (SSSR count). The van der Waals surface area contributed by atoms with Crippen LogP contribution in [0.4, 0.5) is 10.3 Å². The van der Waals surface area contributed by atoms with Gasteiger partial charge in [0.05, 0.1) is 16.1 Å². The second-order valence-electron chi connectivity index (χ2n) is 5.15. The Labute approximate surface area is 110 Å². The second kappa shape index (κ2) is 4.12. The van der Waals surface area contributed by atoms with Crippen LogP contribution in [0.25, 0.3) is 11.0 Å². The van der Waals surface area contributed by atoms with Crippen LogP contribution in [0.5, 0.6) is 0 Å². The lowest BCUT2D eigenvalue weighted by atomic mass is 10.1. The molecule has 1 heterocycles. The molecule has 3 nitrogen and oxygen atoms in total. The minimum atomic E-state index is -0.455. The first-order valence-corrected chi connectivity index (χ1v) is 6.55. The molecule has 1 aromatic heterocycles. The van der Waals surface area contributed by atoms with Crippen molar-refractivity contribution in [2.24, 2.45) is 11.8 Å². The molecule has 1 aromatic carbocycles. The molecule has 2 aromatic rings. The highest BCUT2D eigenvalue weighted by atomic mass is 35.5. The highest BCUT2D eigenvalue weighted by Crippen LogP contribution is 2.38. The Morgan fingerprint density at radius 3 is 2.94 bits per heavy atom. The molecule has 1 aliphatic rings. The number of anilines is 1. The summed E-state index contributed by atoms with van der Waals surface area (Å²) >= 11 is 5.82. The Morgan fingerprint density at radius 2 is 2.28 bits per heavy atom. The summed E-state index contributed by atoms with van der Waals surface area (Å²) in [5, 5.41) is 0.114. The van der Waals surface area contributed by atoms with Crippen LogP contribution in [-0.4, -0.2) is 9.55 Å². The molecular weight excluding hydrogens is 253 g/mol. The van der Waals surface area contributed by atoms with Crippen molar-refractivity contribution in [2.45, 2.75) is 26.3 Å². The molecule has 0 spiro atoms. The number of nitrogens with two attached hydrogens (primary N) is 1. The van der Waals surface area contributed by atoms with E-state index in [0.29, 0.717) is 17.4 Å².